The van der Waals surface area contributed by atoms with E-state index in [2.05, 4.69) is 17.2 Å². The lowest BCUT2D eigenvalue weighted by Gasteiger charge is -2.04. The van der Waals surface area contributed by atoms with E-state index in [1.54, 1.807) is 7.11 Å². The number of aromatic nitrogens is 3. The number of methoxy groups -OCH3 is 1. The monoisotopic (exact) mass is 198 g/mol. The highest BCUT2D eigenvalue weighted by Crippen LogP contribution is 2.06. The molecule has 0 aliphatic rings. The van der Waals surface area contributed by atoms with Crippen LogP contribution < -0.4 is 5.73 Å². The fraction of sp³-hybridized carbons (Fsp3) is 0.778. The summed E-state index contributed by atoms with van der Waals surface area (Å²) in [7, 11) is 1.68. The van der Waals surface area contributed by atoms with Gasteiger partial charge in [0.15, 0.2) is 0 Å². The molecule has 14 heavy (non-hydrogen) atoms. The zero-order valence-corrected chi connectivity index (χ0v) is 8.86. The summed E-state index contributed by atoms with van der Waals surface area (Å²) in [4.78, 5) is 0. The Balaban J connectivity index is 2.73. The number of nitrogens with zero attached hydrogens (tertiary/aromatic N) is 3. The molecule has 2 N–H and O–H groups in total. The minimum atomic E-state index is 0.621. The third-order valence-electron chi connectivity index (χ3n) is 2.14. The van der Waals surface area contributed by atoms with Crippen molar-refractivity contribution >= 4 is 0 Å². The van der Waals surface area contributed by atoms with E-state index in [0.717, 1.165) is 25.1 Å². The second kappa shape index (κ2) is 5.72. The predicted octanol–water partition coefficient (Wildman–Crippen LogP) is -0.0119. The lowest BCUT2D eigenvalue weighted by Crippen LogP contribution is -2.10. The zero-order chi connectivity index (χ0) is 10.4. The number of ether oxygens (including phenoxy) is 1. The third kappa shape index (κ3) is 2.52. The largest absolute Gasteiger partial charge is 0.383 e. The first-order chi connectivity index (χ1) is 6.83. The quantitative estimate of drug-likeness (QED) is 0.698. The van der Waals surface area contributed by atoms with Crippen molar-refractivity contribution in [1.29, 1.82) is 0 Å². The Hall–Kier alpha value is -0.940. The summed E-state index contributed by atoms with van der Waals surface area (Å²) < 4.78 is 6.90. The van der Waals surface area contributed by atoms with Gasteiger partial charge < -0.3 is 10.5 Å². The van der Waals surface area contributed by atoms with Crippen LogP contribution in [0.5, 0.6) is 0 Å². The minimum Gasteiger partial charge on any atom is -0.383 e. The molecular weight excluding hydrogens is 180 g/mol. The van der Waals surface area contributed by atoms with E-state index in [0.29, 0.717) is 13.2 Å². The average molecular weight is 198 g/mol. The first-order valence-corrected chi connectivity index (χ1v) is 4.93. The smallest absolute Gasteiger partial charge is 0.0871 e. The van der Waals surface area contributed by atoms with Crippen molar-refractivity contribution in [3.63, 3.8) is 0 Å². The van der Waals surface area contributed by atoms with Gasteiger partial charge in [-0.05, 0) is 13.0 Å². The molecule has 1 aromatic rings. The molecule has 0 fully saturated rings. The van der Waals surface area contributed by atoms with Gasteiger partial charge in [-0.2, -0.15) is 0 Å². The summed E-state index contributed by atoms with van der Waals surface area (Å²) in [6.45, 7) is 4.15. The number of rotatable bonds is 6. The highest BCUT2D eigenvalue weighted by atomic mass is 16.5. The Morgan fingerprint density at radius 2 is 2.29 bits per heavy atom. The van der Waals surface area contributed by atoms with Gasteiger partial charge in [0, 0.05) is 13.5 Å². The molecule has 0 amide bonds. The molecule has 0 unspecified atom stereocenters. The van der Waals surface area contributed by atoms with Crippen molar-refractivity contribution in [2.24, 2.45) is 5.73 Å². The van der Waals surface area contributed by atoms with Crippen molar-refractivity contribution < 1.29 is 4.74 Å². The molecule has 0 aromatic carbocycles. The summed E-state index contributed by atoms with van der Waals surface area (Å²) in [5.74, 6) is 0. The molecule has 5 nitrogen and oxygen atoms in total. The first-order valence-electron chi connectivity index (χ1n) is 4.93. The van der Waals surface area contributed by atoms with E-state index in [4.69, 9.17) is 10.5 Å². The summed E-state index contributed by atoms with van der Waals surface area (Å²) in [6, 6.07) is 0. The molecule has 0 atom stereocenters. The van der Waals surface area contributed by atoms with Crippen molar-refractivity contribution in [1.82, 2.24) is 15.0 Å². The lowest BCUT2D eigenvalue weighted by atomic mass is 10.2. The third-order valence-corrected chi connectivity index (χ3v) is 2.14. The molecule has 1 heterocycles. The van der Waals surface area contributed by atoms with Gasteiger partial charge in [-0.25, -0.2) is 4.68 Å². The molecule has 0 radical (unpaired) electrons. The van der Waals surface area contributed by atoms with Gasteiger partial charge >= 0.3 is 0 Å². The Labute approximate surface area is 84.2 Å². The number of nitrogens with two attached hydrogens (primary N) is 1. The maximum atomic E-state index is 5.49. The molecule has 0 saturated carbocycles. The maximum Gasteiger partial charge on any atom is 0.0871 e. The van der Waals surface area contributed by atoms with Crippen molar-refractivity contribution in [2.45, 2.75) is 26.3 Å². The topological polar surface area (TPSA) is 66.0 Å². The van der Waals surface area contributed by atoms with Crippen molar-refractivity contribution in [2.75, 3.05) is 20.3 Å². The van der Waals surface area contributed by atoms with E-state index in [9.17, 15) is 0 Å². The fourth-order valence-corrected chi connectivity index (χ4v) is 1.44. The van der Waals surface area contributed by atoms with Gasteiger partial charge in [-0.1, -0.05) is 12.1 Å². The fourth-order valence-electron chi connectivity index (χ4n) is 1.44. The van der Waals surface area contributed by atoms with Crippen LogP contribution in [0.4, 0.5) is 0 Å². The first kappa shape index (κ1) is 11.1. The molecule has 0 spiro atoms. The lowest BCUT2D eigenvalue weighted by molar-refractivity contribution is 0.182. The van der Waals surface area contributed by atoms with Crippen LogP contribution in [0.2, 0.25) is 0 Å². The van der Waals surface area contributed by atoms with E-state index >= 15 is 0 Å². The van der Waals surface area contributed by atoms with Gasteiger partial charge in [-0.15, -0.1) is 5.10 Å². The van der Waals surface area contributed by atoms with E-state index in [1.165, 1.54) is 5.69 Å². The summed E-state index contributed by atoms with van der Waals surface area (Å²) in [5.41, 5.74) is 7.68. The Bertz CT molecular complexity index is 272. The average Bonchev–Trinajstić information content (AvgIpc) is 2.58. The van der Waals surface area contributed by atoms with Crippen LogP contribution in [-0.4, -0.2) is 35.3 Å². The van der Waals surface area contributed by atoms with E-state index in [-0.39, 0.29) is 0 Å². The van der Waals surface area contributed by atoms with Gasteiger partial charge in [0.25, 0.3) is 0 Å². The molecular formula is C9H18N4O. The molecule has 1 aromatic heterocycles. The van der Waals surface area contributed by atoms with Crippen LogP contribution in [0.1, 0.15) is 18.3 Å². The molecule has 0 aliphatic heterocycles. The van der Waals surface area contributed by atoms with Crippen LogP contribution in [-0.2, 0) is 24.1 Å². The summed E-state index contributed by atoms with van der Waals surface area (Å²) in [5, 5.41) is 8.18. The molecule has 80 valence electrons. The second-order valence-electron chi connectivity index (χ2n) is 3.09. The predicted molar refractivity (Wildman–Crippen MR) is 54.0 cm³/mol. The Morgan fingerprint density at radius 1 is 1.50 bits per heavy atom. The molecule has 5 heteroatoms. The van der Waals surface area contributed by atoms with Crippen molar-refractivity contribution in [3.05, 3.63) is 11.4 Å². The standard InChI is InChI=1S/C9H18N4O/c1-3-9-8(4-5-10)11-12-13(9)6-7-14-2/h3-7,10H2,1-2H3. The molecule has 0 bridgehead atoms. The zero-order valence-electron chi connectivity index (χ0n) is 8.86. The summed E-state index contributed by atoms with van der Waals surface area (Å²) in [6.07, 6.45) is 1.74. The van der Waals surface area contributed by atoms with Crippen molar-refractivity contribution in [3.8, 4) is 0 Å². The normalized spacial score (nSPS) is 10.8. The van der Waals surface area contributed by atoms with Crippen LogP contribution in [0.3, 0.4) is 0 Å². The van der Waals surface area contributed by atoms with E-state index in [1.807, 2.05) is 4.68 Å². The maximum absolute atomic E-state index is 5.49. The molecule has 0 saturated heterocycles. The van der Waals surface area contributed by atoms with Crippen LogP contribution >= 0.6 is 0 Å². The Morgan fingerprint density at radius 3 is 2.86 bits per heavy atom. The number of hydrogen-bond acceptors (Lipinski definition) is 4. The van der Waals surface area contributed by atoms with Gasteiger partial charge in [0.2, 0.25) is 0 Å². The molecule has 1 rings (SSSR count). The Kier molecular flexibility index (Phi) is 4.55. The van der Waals surface area contributed by atoms with Crippen LogP contribution in [0.15, 0.2) is 0 Å². The van der Waals surface area contributed by atoms with Gasteiger partial charge in [0.1, 0.15) is 0 Å². The van der Waals surface area contributed by atoms with Gasteiger partial charge in [-0.3, -0.25) is 0 Å². The summed E-state index contributed by atoms with van der Waals surface area (Å²) >= 11 is 0. The highest BCUT2D eigenvalue weighted by Gasteiger charge is 2.09. The highest BCUT2D eigenvalue weighted by molar-refractivity contribution is 5.10. The van der Waals surface area contributed by atoms with Crippen LogP contribution in [0.25, 0.3) is 0 Å². The van der Waals surface area contributed by atoms with Gasteiger partial charge in [0.05, 0.1) is 24.5 Å². The minimum absolute atomic E-state index is 0.621. The SMILES string of the molecule is CCc1c(CCN)nnn1CCOC. The van der Waals surface area contributed by atoms with E-state index < -0.39 is 0 Å². The number of hydrogen-bond donors (Lipinski definition) is 1. The van der Waals surface area contributed by atoms with Crippen LogP contribution in [0, 0.1) is 0 Å². The molecule has 0 aliphatic carbocycles. The second-order valence-corrected chi connectivity index (χ2v) is 3.09.